The SMILES string of the molecule is COc1cc(/C=N/n2c(C)n[nH]c2=S)cc(Br)c1OCc1ccccc1. The van der Waals surface area contributed by atoms with Crippen LogP contribution in [-0.2, 0) is 6.61 Å². The van der Waals surface area contributed by atoms with Crippen molar-refractivity contribution in [1.82, 2.24) is 14.9 Å². The number of aromatic nitrogens is 3. The molecule has 0 amide bonds. The predicted molar refractivity (Wildman–Crippen MR) is 107 cm³/mol. The topological polar surface area (TPSA) is 64.4 Å². The molecule has 0 atom stereocenters. The first kappa shape index (κ1) is 18.3. The molecule has 0 aliphatic heterocycles. The van der Waals surface area contributed by atoms with Gasteiger partial charge in [-0.15, -0.1) is 0 Å². The Balaban J connectivity index is 1.84. The van der Waals surface area contributed by atoms with Crippen molar-refractivity contribution in [2.75, 3.05) is 7.11 Å². The largest absolute Gasteiger partial charge is 0.493 e. The number of nitrogens with zero attached hydrogens (tertiary/aromatic N) is 3. The molecule has 3 rings (SSSR count). The van der Waals surface area contributed by atoms with Crippen molar-refractivity contribution in [2.45, 2.75) is 13.5 Å². The van der Waals surface area contributed by atoms with Crippen LogP contribution in [0, 0.1) is 11.7 Å². The average molecular weight is 433 g/mol. The monoisotopic (exact) mass is 432 g/mol. The molecule has 0 unspecified atom stereocenters. The Morgan fingerprint density at radius 1 is 1.31 bits per heavy atom. The van der Waals surface area contributed by atoms with E-state index >= 15 is 0 Å². The van der Waals surface area contributed by atoms with Gasteiger partial charge in [0.25, 0.3) is 0 Å². The van der Waals surface area contributed by atoms with Crippen molar-refractivity contribution in [1.29, 1.82) is 0 Å². The van der Waals surface area contributed by atoms with E-state index in [1.54, 1.807) is 18.0 Å². The van der Waals surface area contributed by atoms with E-state index < -0.39 is 0 Å². The fourth-order valence-corrected chi connectivity index (χ4v) is 3.11. The van der Waals surface area contributed by atoms with Gasteiger partial charge >= 0.3 is 0 Å². The molecule has 6 nitrogen and oxygen atoms in total. The van der Waals surface area contributed by atoms with Crippen LogP contribution in [-0.4, -0.2) is 28.2 Å². The van der Waals surface area contributed by atoms with Crippen LogP contribution >= 0.6 is 28.1 Å². The Kier molecular flexibility index (Phi) is 5.85. The zero-order valence-corrected chi connectivity index (χ0v) is 16.7. The Bertz CT molecular complexity index is 983. The van der Waals surface area contributed by atoms with Gasteiger partial charge in [0.15, 0.2) is 11.5 Å². The summed E-state index contributed by atoms with van der Waals surface area (Å²) in [6, 6.07) is 13.7. The Morgan fingerprint density at radius 2 is 2.08 bits per heavy atom. The maximum atomic E-state index is 5.94. The lowest BCUT2D eigenvalue weighted by Gasteiger charge is -2.13. The average Bonchev–Trinajstić information content (AvgIpc) is 2.97. The number of aromatic amines is 1. The molecule has 3 aromatic rings. The van der Waals surface area contributed by atoms with Gasteiger partial charge in [0.1, 0.15) is 12.4 Å². The van der Waals surface area contributed by atoms with Crippen molar-refractivity contribution in [2.24, 2.45) is 5.10 Å². The second-order valence-corrected chi connectivity index (χ2v) is 6.68. The zero-order valence-electron chi connectivity index (χ0n) is 14.3. The van der Waals surface area contributed by atoms with E-state index in [0.29, 0.717) is 28.7 Å². The lowest BCUT2D eigenvalue weighted by atomic mass is 10.2. The second-order valence-electron chi connectivity index (χ2n) is 5.44. The van der Waals surface area contributed by atoms with Gasteiger partial charge in [-0.2, -0.15) is 14.9 Å². The number of hydrogen-bond acceptors (Lipinski definition) is 5. The van der Waals surface area contributed by atoms with Gasteiger partial charge in [0, 0.05) is 0 Å². The maximum absolute atomic E-state index is 5.94. The van der Waals surface area contributed by atoms with Gasteiger partial charge in [-0.1, -0.05) is 30.3 Å². The van der Waals surface area contributed by atoms with E-state index in [4.69, 9.17) is 21.7 Å². The van der Waals surface area contributed by atoms with Crippen molar-refractivity contribution < 1.29 is 9.47 Å². The van der Waals surface area contributed by atoms with Crippen LogP contribution in [0.5, 0.6) is 11.5 Å². The molecule has 0 saturated carbocycles. The van der Waals surface area contributed by atoms with Crippen molar-refractivity contribution in [3.63, 3.8) is 0 Å². The highest BCUT2D eigenvalue weighted by molar-refractivity contribution is 9.10. The van der Waals surface area contributed by atoms with Gasteiger partial charge in [-0.3, -0.25) is 5.10 Å². The highest BCUT2D eigenvalue weighted by atomic mass is 79.9. The molecule has 8 heteroatoms. The van der Waals surface area contributed by atoms with Crippen molar-refractivity contribution >= 4 is 34.4 Å². The van der Waals surface area contributed by atoms with Gasteiger partial charge in [0.2, 0.25) is 4.77 Å². The molecule has 0 bridgehead atoms. The molecular formula is C18H17BrN4O2S. The Hall–Kier alpha value is -2.45. The van der Waals surface area contributed by atoms with E-state index in [-0.39, 0.29) is 0 Å². The summed E-state index contributed by atoms with van der Waals surface area (Å²) in [6.45, 7) is 2.27. The van der Waals surface area contributed by atoms with Gasteiger partial charge in [-0.05, 0) is 58.3 Å². The molecule has 1 N–H and O–H groups in total. The van der Waals surface area contributed by atoms with Gasteiger partial charge in [0.05, 0.1) is 17.8 Å². The quantitative estimate of drug-likeness (QED) is 0.460. The molecular weight excluding hydrogens is 416 g/mol. The standard InChI is InChI=1S/C18H17BrN4O2S/c1-12-21-22-18(26)23(12)20-10-14-8-15(19)17(16(9-14)24-2)25-11-13-6-4-3-5-7-13/h3-10H,11H2,1-2H3,(H,22,26)/b20-10+. The molecule has 0 fully saturated rings. The van der Waals surface area contributed by atoms with Gasteiger partial charge in [-0.25, -0.2) is 0 Å². The van der Waals surface area contributed by atoms with E-state index in [2.05, 4.69) is 31.2 Å². The first-order valence-corrected chi connectivity index (χ1v) is 9.01. The Morgan fingerprint density at radius 3 is 2.73 bits per heavy atom. The molecule has 1 heterocycles. The third-order valence-electron chi connectivity index (χ3n) is 3.61. The third-order valence-corrected chi connectivity index (χ3v) is 4.47. The van der Waals surface area contributed by atoms with Crippen LogP contribution in [0.2, 0.25) is 0 Å². The number of aryl methyl sites for hydroxylation is 1. The summed E-state index contributed by atoms with van der Waals surface area (Å²) in [7, 11) is 1.61. The highest BCUT2D eigenvalue weighted by Gasteiger charge is 2.11. The molecule has 2 aromatic carbocycles. The van der Waals surface area contributed by atoms with Crippen LogP contribution < -0.4 is 9.47 Å². The number of ether oxygens (including phenoxy) is 2. The summed E-state index contributed by atoms with van der Waals surface area (Å²) < 4.78 is 14.2. The first-order chi connectivity index (χ1) is 12.6. The molecule has 0 radical (unpaired) electrons. The van der Waals surface area contributed by atoms with Crippen LogP contribution in [0.3, 0.4) is 0 Å². The summed E-state index contributed by atoms with van der Waals surface area (Å²) in [6.07, 6.45) is 1.69. The number of H-pyrrole nitrogens is 1. The number of methoxy groups -OCH3 is 1. The predicted octanol–water partition coefficient (Wildman–Crippen LogP) is 4.48. The number of halogens is 1. The number of hydrogen-bond donors (Lipinski definition) is 1. The van der Waals surface area contributed by atoms with Crippen molar-refractivity contribution in [3.05, 3.63) is 68.7 Å². The lowest BCUT2D eigenvalue weighted by Crippen LogP contribution is -2.00. The fraction of sp³-hybridized carbons (Fsp3) is 0.167. The zero-order chi connectivity index (χ0) is 18.5. The molecule has 0 spiro atoms. The molecule has 0 aliphatic rings. The molecule has 134 valence electrons. The smallest absolute Gasteiger partial charge is 0.216 e. The van der Waals surface area contributed by atoms with E-state index in [1.165, 1.54) is 0 Å². The van der Waals surface area contributed by atoms with E-state index in [0.717, 1.165) is 15.6 Å². The summed E-state index contributed by atoms with van der Waals surface area (Å²) in [4.78, 5) is 0. The minimum Gasteiger partial charge on any atom is -0.493 e. The summed E-state index contributed by atoms with van der Waals surface area (Å²) in [5.41, 5.74) is 1.92. The minimum atomic E-state index is 0.438. The number of benzene rings is 2. The minimum absolute atomic E-state index is 0.438. The first-order valence-electron chi connectivity index (χ1n) is 7.81. The number of rotatable bonds is 6. The third kappa shape index (κ3) is 4.20. The van der Waals surface area contributed by atoms with Gasteiger partial charge < -0.3 is 9.47 Å². The molecule has 26 heavy (non-hydrogen) atoms. The van der Waals surface area contributed by atoms with E-state index in [1.807, 2.05) is 49.4 Å². The maximum Gasteiger partial charge on any atom is 0.216 e. The summed E-state index contributed by atoms with van der Waals surface area (Å²) in [5, 5.41) is 11.1. The van der Waals surface area contributed by atoms with E-state index in [9.17, 15) is 0 Å². The van der Waals surface area contributed by atoms with Crippen LogP contribution in [0.4, 0.5) is 0 Å². The molecule has 1 aromatic heterocycles. The van der Waals surface area contributed by atoms with Crippen LogP contribution in [0.25, 0.3) is 0 Å². The second kappa shape index (κ2) is 8.29. The summed E-state index contributed by atoms with van der Waals surface area (Å²) in [5.74, 6) is 1.94. The number of nitrogens with one attached hydrogen (secondary N) is 1. The molecule has 0 aliphatic carbocycles. The molecule has 0 saturated heterocycles. The van der Waals surface area contributed by atoms with Crippen LogP contribution in [0.1, 0.15) is 17.0 Å². The summed E-state index contributed by atoms with van der Waals surface area (Å²) >= 11 is 8.69. The normalized spacial score (nSPS) is 11.0. The highest BCUT2D eigenvalue weighted by Crippen LogP contribution is 2.36. The van der Waals surface area contributed by atoms with Crippen LogP contribution in [0.15, 0.2) is 52.0 Å². The Labute approximate surface area is 164 Å². The lowest BCUT2D eigenvalue weighted by molar-refractivity contribution is 0.282. The fourth-order valence-electron chi connectivity index (χ4n) is 2.31. The van der Waals surface area contributed by atoms with Crippen molar-refractivity contribution in [3.8, 4) is 11.5 Å².